The van der Waals surface area contributed by atoms with Crippen LogP contribution in [0.5, 0.6) is 0 Å². The van der Waals surface area contributed by atoms with E-state index in [1.807, 2.05) is 20.8 Å². The Bertz CT molecular complexity index is 461. The predicted molar refractivity (Wildman–Crippen MR) is 74.4 cm³/mol. The van der Waals surface area contributed by atoms with E-state index in [9.17, 15) is 9.59 Å². The van der Waals surface area contributed by atoms with Crippen molar-refractivity contribution in [1.29, 1.82) is 0 Å². The van der Waals surface area contributed by atoms with Crippen molar-refractivity contribution >= 4 is 23.6 Å². The van der Waals surface area contributed by atoms with E-state index in [1.165, 1.54) is 24.0 Å². The molecule has 0 saturated carbocycles. The number of aromatic carboxylic acids is 1. The molecule has 0 saturated heterocycles. The highest BCUT2D eigenvalue weighted by molar-refractivity contribution is 8.00. The molecule has 0 fully saturated rings. The first kappa shape index (κ1) is 15.5. The molecule has 19 heavy (non-hydrogen) atoms. The largest absolute Gasteiger partial charge is 0.477 e. The summed E-state index contributed by atoms with van der Waals surface area (Å²) in [4.78, 5) is 29.2. The molecule has 1 rings (SSSR count). The van der Waals surface area contributed by atoms with Gasteiger partial charge in [-0.15, -0.1) is 11.8 Å². The van der Waals surface area contributed by atoms with Gasteiger partial charge in [-0.25, -0.2) is 9.78 Å². The molecule has 1 heterocycles. The summed E-state index contributed by atoms with van der Waals surface area (Å²) < 4.78 is 0. The van der Waals surface area contributed by atoms with E-state index in [4.69, 9.17) is 5.11 Å². The van der Waals surface area contributed by atoms with Gasteiger partial charge in [-0.1, -0.05) is 0 Å². The monoisotopic (exact) mass is 282 g/mol. The number of hydrogen-bond donors (Lipinski definition) is 1. The van der Waals surface area contributed by atoms with E-state index in [0.717, 1.165) is 4.90 Å². The smallest absolute Gasteiger partial charge is 0.354 e. The molecule has 104 valence electrons. The number of thioether (sulfide) groups is 1. The molecule has 1 N–H and O–H groups in total. The molecule has 0 aromatic carbocycles. The first-order valence-corrected chi connectivity index (χ1v) is 7.02. The molecule has 1 aromatic rings. The molecule has 0 aliphatic carbocycles. The Labute approximate surface area is 117 Å². The second kappa shape index (κ2) is 7.13. The van der Waals surface area contributed by atoms with Crippen LogP contribution in [0.1, 0.15) is 31.3 Å². The van der Waals surface area contributed by atoms with Gasteiger partial charge in [-0.05, 0) is 32.9 Å². The molecule has 6 heteroatoms. The van der Waals surface area contributed by atoms with Crippen LogP contribution in [0.15, 0.2) is 23.2 Å². The van der Waals surface area contributed by atoms with Crippen LogP contribution in [0, 0.1) is 0 Å². The van der Waals surface area contributed by atoms with Crippen molar-refractivity contribution in [3.05, 3.63) is 24.0 Å². The van der Waals surface area contributed by atoms with Gasteiger partial charge in [-0.2, -0.15) is 0 Å². The van der Waals surface area contributed by atoms with Crippen LogP contribution in [0.25, 0.3) is 0 Å². The normalized spacial score (nSPS) is 11.9. The number of carbonyl (C=O) groups is 2. The van der Waals surface area contributed by atoms with Crippen LogP contribution in [-0.4, -0.2) is 45.2 Å². The van der Waals surface area contributed by atoms with E-state index >= 15 is 0 Å². The average molecular weight is 282 g/mol. The summed E-state index contributed by atoms with van der Waals surface area (Å²) in [6, 6.07) is 3.20. The zero-order chi connectivity index (χ0) is 14.4. The lowest BCUT2D eigenvalue weighted by molar-refractivity contribution is -0.129. The zero-order valence-corrected chi connectivity index (χ0v) is 12.1. The lowest BCUT2D eigenvalue weighted by atomic mass is 10.3. The summed E-state index contributed by atoms with van der Waals surface area (Å²) in [6.07, 6.45) is 1.44. The third-order valence-corrected chi connectivity index (χ3v) is 3.77. The summed E-state index contributed by atoms with van der Waals surface area (Å²) in [5.74, 6) is -1.01. The summed E-state index contributed by atoms with van der Waals surface area (Å²) in [6.45, 7) is 7.06. The highest BCUT2D eigenvalue weighted by atomic mass is 32.2. The van der Waals surface area contributed by atoms with Crippen LogP contribution >= 0.6 is 11.8 Å². The fraction of sp³-hybridized carbons (Fsp3) is 0.462. The van der Waals surface area contributed by atoms with Crippen molar-refractivity contribution in [2.75, 3.05) is 13.1 Å². The Morgan fingerprint density at radius 3 is 2.58 bits per heavy atom. The molecule has 1 unspecified atom stereocenters. The lowest BCUT2D eigenvalue weighted by Crippen LogP contribution is -2.36. The Hall–Kier alpha value is -1.56. The van der Waals surface area contributed by atoms with E-state index in [-0.39, 0.29) is 16.9 Å². The summed E-state index contributed by atoms with van der Waals surface area (Å²) >= 11 is 1.35. The maximum atomic E-state index is 12.1. The first-order valence-electron chi connectivity index (χ1n) is 6.14. The van der Waals surface area contributed by atoms with E-state index in [0.29, 0.717) is 13.1 Å². The van der Waals surface area contributed by atoms with Crippen molar-refractivity contribution < 1.29 is 14.7 Å². The van der Waals surface area contributed by atoms with Crippen LogP contribution in [-0.2, 0) is 4.79 Å². The molecule has 0 spiro atoms. The van der Waals surface area contributed by atoms with Gasteiger partial charge in [0.1, 0.15) is 5.69 Å². The highest BCUT2D eigenvalue weighted by Crippen LogP contribution is 2.24. The summed E-state index contributed by atoms with van der Waals surface area (Å²) in [7, 11) is 0. The van der Waals surface area contributed by atoms with Crippen molar-refractivity contribution in [2.45, 2.75) is 30.9 Å². The number of carboxylic acids is 1. The molecule has 1 aromatic heterocycles. The van der Waals surface area contributed by atoms with Gasteiger partial charge in [0.2, 0.25) is 5.91 Å². The minimum atomic E-state index is -1.06. The van der Waals surface area contributed by atoms with Gasteiger partial charge in [0.05, 0.1) is 5.25 Å². The number of carbonyl (C=O) groups excluding carboxylic acids is 1. The number of nitrogens with zero attached hydrogens (tertiary/aromatic N) is 2. The van der Waals surface area contributed by atoms with Gasteiger partial charge < -0.3 is 10.0 Å². The highest BCUT2D eigenvalue weighted by Gasteiger charge is 2.19. The third-order valence-electron chi connectivity index (χ3n) is 2.69. The molecule has 0 radical (unpaired) electrons. The van der Waals surface area contributed by atoms with Crippen LogP contribution in [0.4, 0.5) is 0 Å². The lowest BCUT2D eigenvalue weighted by Gasteiger charge is -2.22. The number of rotatable bonds is 6. The second-order valence-corrected chi connectivity index (χ2v) is 5.37. The molecular weight excluding hydrogens is 264 g/mol. The van der Waals surface area contributed by atoms with E-state index in [2.05, 4.69) is 4.98 Å². The van der Waals surface area contributed by atoms with E-state index < -0.39 is 5.97 Å². The molecule has 0 bridgehead atoms. The fourth-order valence-corrected chi connectivity index (χ4v) is 2.63. The molecule has 1 amide bonds. The standard InChI is InChI=1S/C13H18N2O3S/c1-4-15(5-2)12(16)9(3)19-10-6-7-14-11(8-10)13(17)18/h6-9H,4-5H2,1-3H3,(H,17,18). The minimum Gasteiger partial charge on any atom is -0.477 e. The van der Waals surface area contributed by atoms with Crippen LogP contribution in [0.3, 0.4) is 0 Å². The molecule has 0 aliphatic rings. The van der Waals surface area contributed by atoms with Gasteiger partial charge in [-0.3, -0.25) is 4.79 Å². The minimum absolute atomic E-state index is 0.00696. The van der Waals surface area contributed by atoms with Gasteiger partial charge in [0, 0.05) is 24.2 Å². The average Bonchev–Trinajstić information content (AvgIpc) is 2.40. The maximum Gasteiger partial charge on any atom is 0.354 e. The van der Waals surface area contributed by atoms with Gasteiger partial charge >= 0.3 is 5.97 Å². The molecular formula is C13H18N2O3S. The topological polar surface area (TPSA) is 70.5 Å². The van der Waals surface area contributed by atoms with E-state index in [1.54, 1.807) is 11.0 Å². The Morgan fingerprint density at radius 1 is 1.42 bits per heavy atom. The third kappa shape index (κ3) is 4.24. The van der Waals surface area contributed by atoms with Crippen molar-refractivity contribution in [3.63, 3.8) is 0 Å². The molecule has 1 atom stereocenters. The number of amides is 1. The molecule has 0 aliphatic heterocycles. The van der Waals surface area contributed by atoms with Crippen molar-refractivity contribution in [3.8, 4) is 0 Å². The quantitative estimate of drug-likeness (QED) is 0.809. The first-order chi connectivity index (χ1) is 8.99. The fourth-order valence-electron chi connectivity index (χ4n) is 1.65. The predicted octanol–water partition coefficient (Wildman–Crippen LogP) is 2.13. The molecule has 5 nitrogen and oxygen atoms in total. The van der Waals surface area contributed by atoms with Gasteiger partial charge in [0.25, 0.3) is 0 Å². The number of carboxylic acid groups (broad SMARTS) is 1. The summed E-state index contributed by atoms with van der Waals surface area (Å²) in [5.41, 5.74) is -0.00696. The number of pyridine rings is 1. The number of aromatic nitrogens is 1. The number of hydrogen-bond acceptors (Lipinski definition) is 4. The SMILES string of the molecule is CCN(CC)C(=O)C(C)Sc1ccnc(C(=O)O)c1. The van der Waals surface area contributed by atoms with Gasteiger partial charge in [0.15, 0.2) is 0 Å². The Kier molecular flexibility index (Phi) is 5.82. The van der Waals surface area contributed by atoms with Crippen molar-refractivity contribution in [2.24, 2.45) is 0 Å². The van der Waals surface area contributed by atoms with Crippen molar-refractivity contribution in [1.82, 2.24) is 9.88 Å². The second-order valence-electron chi connectivity index (χ2n) is 3.95. The van der Waals surface area contributed by atoms with Crippen LogP contribution < -0.4 is 0 Å². The summed E-state index contributed by atoms with van der Waals surface area (Å²) in [5, 5.41) is 8.62. The Morgan fingerprint density at radius 2 is 2.05 bits per heavy atom. The zero-order valence-electron chi connectivity index (χ0n) is 11.3. The maximum absolute atomic E-state index is 12.1. The Balaban J connectivity index is 2.76. The van der Waals surface area contributed by atoms with Crippen LogP contribution in [0.2, 0.25) is 0 Å².